The zero-order valence-corrected chi connectivity index (χ0v) is 14.4. The van der Waals surface area contributed by atoms with Crippen LogP contribution in [0.3, 0.4) is 0 Å². The first-order valence-electron chi connectivity index (χ1n) is 8.07. The Hall–Kier alpha value is -0.690. The second-order valence-corrected chi connectivity index (χ2v) is 6.89. The van der Waals surface area contributed by atoms with Gasteiger partial charge in [-0.1, -0.05) is 20.8 Å². The van der Waals surface area contributed by atoms with Gasteiger partial charge in [0.2, 0.25) is 5.91 Å². The van der Waals surface area contributed by atoms with Crippen molar-refractivity contribution in [3.8, 4) is 0 Å². The van der Waals surface area contributed by atoms with Crippen LogP contribution >= 0.6 is 0 Å². The van der Waals surface area contributed by atoms with Crippen LogP contribution in [-0.2, 0) is 14.3 Å². The SMILES string of the molecule is CCC(C)(C)C(=O)N1CCC(OCOC(C)C)C(C(O)O)C1. The molecule has 1 fully saturated rings. The number of carbonyl (C=O) groups is 1. The van der Waals surface area contributed by atoms with Crippen molar-refractivity contribution in [2.45, 2.75) is 66.0 Å². The average Bonchev–Trinajstić information content (AvgIpc) is 2.46. The van der Waals surface area contributed by atoms with E-state index < -0.39 is 17.6 Å². The number of carbonyl (C=O) groups excluding carboxylic acids is 1. The Morgan fingerprint density at radius 1 is 1.36 bits per heavy atom. The van der Waals surface area contributed by atoms with Crippen molar-refractivity contribution in [3.63, 3.8) is 0 Å². The van der Waals surface area contributed by atoms with E-state index in [0.29, 0.717) is 19.5 Å². The first-order valence-corrected chi connectivity index (χ1v) is 8.07. The average molecular weight is 317 g/mol. The molecular formula is C16H31NO5. The quantitative estimate of drug-likeness (QED) is 0.693. The summed E-state index contributed by atoms with van der Waals surface area (Å²) in [5, 5.41) is 19.2. The first-order chi connectivity index (χ1) is 10.2. The standard InChI is InChI=1S/C16H31NO5/c1-6-16(4,5)15(20)17-8-7-13(12(9-17)14(18)19)22-10-21-11(2)3/h11-14,18-19H,6-10H2,1-5H3. The highest BCUT2D eigenvalue weighted by molar-refractivity contribution is 5.82. The third kappa shape index (κ3) is 5.19. The molecule has 0 aliphatic carbocycles. The van der Waals surface area contributed by atoms with Crippen LogP contribution in [0.1, 0.15) is 47.5 Å². The highest BCUT2D eigenvalue weighted by atomic mass is 16.7. The van der Waals surface area contributed by atoms with Gasteiger partial charge in [-0.2, -0.15) is 0 Å². The number of amides is 1. The van der Waals surface area contributed by atoms with E-state index in [1.165, 1.54) is 0 Å². The Bertz CT molecular complexity index is 356. The van der Waals surface area contributed by atoms with Crippen LogP contribution in [0.25, 0.3) is 0 Å². The van der Waals surface area contributed by atoms with Gasteiger partial charge in [0.1, 0.15) is 6.79 Å². The van der Waals surface area contributed by atoms with Gasteiger partial charge in [0, 0.05) is 18.5 Å². The number of aliphatic hydroxyl groups excluding tert-OH is 1. The van der Waals surface area contributed by atoms with Gasteiger partial charge in [-0.05, 0) is 26.7 Å². The van der Waals surface area contributed by atoms with Crippen LogP contribution < -0.4 is 0 Å². The maximum atomic E-state index is 12.5. The molecule has 1 rings (SSSR count). The molecule has 1 amide bonds. The smallest absolute Gasteiger partial charge is 0.228 e. The fourth-order valence-electron chi connectivity index (χ4n) is 2.48. The van der Waals surface area contributed by atoms with Crippen LogP contribution in [0.4, 0.5) is 0 Å². The molecule has 0 aromatic carbocycles. The minimum atomic E-state index is -1.51. The lowest BCUT2D eigenvalue weighted by Crippen LogP contribution is -2.53. The maximum absolute atomic E-state index is 12.5. The first kappa shape index (κ1) is 19.4. The van der Waals surface area contributed by atoms with Crippen molar-refractivity contribution in [1.82, 2.24) is 4.90 Å². The lowest BCUT2D eigenvalue weighted by molar-refractivity contribution is -0.190. The number of hydrogen-bond donors (Lipinski definition) is 2. The minimum Gasteiger partial charge on any atom is -0.368 e. The molecule has 0 spiro atoms. The van der Waals surface area contributed by atoms with Crippen LogP contribution in [0.5, 0.6) is 0 Å². The molecule has 0 bridgehead atoms. The van der Waals surface area contributed by atoms with Crippen molar-refractivity contribution in [1.29, 1.82) is 0 Å². The molecule has 130 valence electrons. The Morgan fingerprint density at radius 3 is 2.50 bits per heavy atom. The van der Waals surface area contributed by atoms with E-state index in [-0.39, 0.29) is 24.9 Å². The highest BCUT2D eigenvalue weighted by Crippen LogP contribution is 2.29. The zero-order chi connectivity index (χ0) is 16.9. The van der Waals surface area contributed by atoms with Crippen LogP contribution in [-0.4, -0.2) is 59.4 Å². The van der Waals surface area contributed by atoms with Crippen molar-refractivity contribution in [2.75, 3.05) is 19.9 Å². The van der Waals surface area contributed by atoms with E-state index in [1.54, 1.807) is 4.90 Å². The lowest BCUT2D eigenvalue weighted by atomic mass is 9.86. The molecule has 6 nitrogen and oxygen atoms in total. The van der Waals surface area contributed by atoms with Gasteiger partial charge in [0.15, 0.2) is 6.29 Å². The fraction of sp³-hybridized carbons (Fsp3) is 0.938. The van der Waals surface area contributed by atoms with E-state index in [9.17, 15) is 15.0 Å². The van der Waals surface area contributed by atoms with Gasteiger partial charge in [0.05, 0.1) is 18.1 Å². The predicted molar refractivity (Wildman–Crippen MR) is 82.9 cm³/mol. The number of hydrogen-bond acceptors (Lipinski definition) is 5. The van der Waals surface area contributed by atoms with E-state index in [4.69, 9.17) is 9.47 Å². The van der Waals surface area contributed by atoms with Gasteiger partial charge in [-0.3, -0.25) is 4.79 Å². The summed E-state index contributed by atoms with van der Waals surface area (Å²) in [5.74, 6) is -0.460. The molecular weight excluding hydrogens is 286 g/mol. The largest absolute Gasteiger partial charge is 0.368 e. The molecule has 2 unspecified atom stereocenters. The summed E-state index contributed by atoms with van der Waals surface area (Å²) in [4.78, 5) is 14.2. The molecule has 22 heavy (non-hydrogen) atoms. The second kappa shape index (κ2) is 8.24. The van der Waals surface area contributed by atoms with E-state index in [1.807, 2.05) is 34.6 Å². The van der Waals surface area contributed by atoms with Crippen molar-refractivity contribution >= 4 is 5.91 Å². The molecule has 1 aliphatic heterocycles. The summed E-state index contributed by atoms with van der Waals surface area (Å²) in [6, 6.07) is 0. The number of aliphatic hydroxyl groups is 2. The molecule has 1 saturated heterocycles. The Balaban J connectivity index is 2.65. The summed E-state index contributed by atoms with van der Waals surface area (Å²) >= 11 is 0. The van der Waals surface area contributed by atoms with E-state index in [2.05, 4.69) is 0 Å². The molecule has 0 saturated carbocycles. The van der Waals surface area contributed by atoms with Crippen LogP contribution in [0, 0.1) is 11.3 Å². The Morgan fingerprint density at radius 2 is 2.00 bits per heavy atom. The van der Waals surface area contributed by atoms with Crippen molar-refractivity contribution in [2.24, 2.45) is 11.3 Å². The summed E-state index contributed by atoms with van der Waals surface area (Å²) in [6.07, 6.45) is -0.437. The molecule has 2 N–H and O–H groups in total. The fourth-order valence-corrected chi connectivity index (χ4v) is 2.48. The molecule has 0 aromatic rings. The van der Waals surface area contributed by atoms with Crippen LogP contribution in [0.2, 0.25) is 0 Å². The number of piperidine rings is 1. The van der Waals surface area contributed by atoms with Gasteiger partial charge >= 0.3 is 0 Å². The molecule has 6 heteroatoms. The molecule has 0 radical (unpaired) electrons. The molecule has 0 aromatic heterocycles. The lowest BCUT2D eigenvalue weighted by Gasteiger charge is -2.41. The van der Waals surface area contributed by atoms with E-state index in [0.717, 1.165) is 6.42 Å². The zero-order valence-electron chi connectivity index (χ0n) is 14.4. The van der Waals surface area contributed by atoms with E-state index >= 15 is 0 Å². The number of nitrogens with zero attached hydrogens (tertiary/aromatic N) is 1. The maximum Gasteiger partial charge on any atom is 0.228 e. The topological polar surface area (TPSA) is 79.2 Å². The minimum absolute atomic E-state index is 0.0533. The summed E-state index contributed by atoms with van der Waals surface area (Å²) in [6.45, 7) is 10.6. The summed E-state index contributed by atoms with van der Waals surface area (Å²) in [7, 11) is 0. The Kier molecular flexibility index (Phi) is 7.25. The number of rotatable bonds is 7. The third-order valence-corrected chi connectivity index (χ3v) is 4.41. The van der Waals surface area contributed by atoms with Gasteiger partial charge in [-0.15, -0.1) is 0 Å². The Labute approximate surface area is 133 Å². The predicted octanol–water partition coefficient (Wildman–Crippen LogP) is 1.35. The number of ether oxygens (including phenoxy) is 2. The van der Waals surface area contributed by atoms with Gasteiger partial charge in [-0.25, -0.2) is 0 Å². The van der Waals surface area contributed by atoms with Gasteiger partial charge in [0.25, 0.3) is 0 Å². The molecule has 1 aliphatic rings. The molecule has 1 heterocycles. The summed E-state index contributed by atoms with van der Waals surface area (Å²) < 4.78 is 11.0. The van der Waals surface area contributed by atoms with Crippen LogP contribution in [0.15, 0.2) is 0 Å². The summed E-state index contributed by atoms with van der Waals surface area (Å²) in [5.41, 5.74) is -0.431. The highest BCUT2D eigenvalue weighted by Gasteiger charge is 2.39. The number of likely N-dealkylation sites (tertiary alicyclic amines) is 1. The van der Waals surface area contributed by atoms with Crippen molar-refractivity contribution in [3.05, 3.63) is 0 Å². The monoisotopic (exact) mass is 317 g/mol. The van der Waals surface area contributed by atoms with Crippen molar-refractivity contribution < 1.29 is 24.5 Å². The second-order valence-electron chi connectivity index (χ2n) is 6.89. The normalized spacial score (nSPS) is 23.4. The van der Waals surface area contributed by atoms with Gasteiger partial charge < -0.3 is 24.6 Å². The third-order valence-electron chi connectivity index (χ3n) is 4.41. The molecule has 2 atom stereocenters.